The number of allylic oxidation sites excluding steroid dienone is 2. The maximum atomic E-state index is 12.8. The molecule has 0 spiro atoms. The lowest BCUT2D eigenvalue weighted by atomic mass is 9.75. The number of nitrogens with two attached hydrogens (primary N) is 8. The fourth-order valence-corrected chi connectivity index (χ4v) is 13.9. The van der Waals surface area contributed by atoms with Gasteiger partial charge in [-0.1, -0.05) is 250 Å². The van der Waals surface area contributed by atoms with Gasteiger partial charge in [-0.3, -0.25) is 38.4 Å². The minimum absolute atomic E-state index is 0.0198. The summed E-state index contributed by atoms with van der Waals surface area (Å²) in [5, 5.41) is 56.3. The van der Waals surface area contributed by atoms with Crippen molar-refractivity contribution in [3.8, 4) is 0 Å². The number of carbonyl (C=O) groups is 8. The van der Waals surface area contributed by atoms with Crippen LogP contribution in [0.2, 0.25) is 40.2 Å². The van der Waals surface area contributed by atoms with Crippen LogP contribution in [0.4, 0.5) is 0 Å². The summed E-state index contributed by atoms with van der Waals surface area (Å²) < 4.78 is 443. The molecule has 672 valence electrons. The zero-order chi connectivity index (χ0) is 143. The van der Waals surface area contributed by atoms with Gasteiger partial charge < -0.3 is 76.5 Å². The van der Waals surface area contributed by atoms with Crippen molar-refractivity contribution in [3.05, 3.63) is 302 Å². The maximum absolute atomic E-state index is 12.8. The Balaban J connectivity index is 0.000000229. The Morgan fingerprint density at radius 3 is 1.02 bits per heavy atom. The van der Waals surface area contributed by atoms with Crippen LogP contribution in [-0.4, -0.2) is 113 Å². The lowest BCUT2D eigenvalue weighted by Gasteiger charge is -2.35. The van der Waals surface area contributed by atoms with Crippen LogP contribution in [0.3, 0.4) is 0 Å². The second-order valence-corrected chi connectivity index (χ2v) is 29.8. The Labute approximate surface area is 853 Å². The number of hydrogen-bond acceptors (Lipinski definition) is 22. The predicted octanol–water partition coefficient (Wildman–Crippen LogP) is 14.5. The SMILES string of the molecule is [2H]C1=CC(=O)C(N)(c2ccccc2Cl)CC1.[2H]C1=CCCC(N)(c2ccccc2Cl)C1=O.[2H]c1c([2H])c([2H])c(C2(N)C(=O)C(O)C([2H])([2H])C([2H])([2H])C2([2H])[2H])c(Cl)c1[2H].[2H]c1c([2H])c([2H])c(C2(N)C(=O)C(O)C([2H])([2H])CC2([2H])[2H])c(Cl)c1[2H].[2H]c1c([2H])c([2H])c(C2(N)C(=O)C(O)CC([2H])([2H])C2([2H])[2H])c(Cl)c1[2H].[2H]c1c([2H])c([2H])c(C2(N)C(=O)C([2H])(O)C([2H])([2H])C([2H])([2H])C2([2H])[2H])c(Cl)c1[2H].[2H]c1c([2H])c([2H])c(C2(N)C(=O)C([2H])(O)C([2H])([2H])CC2([2H])[2H])c(Cl)c1[2H].[2H]c1c([2H])c([2H])c(C2(N)C(=O)C([2H])(O)CC([2H])([2H])C2([2H])[2H])c(Cl)c1[2H]. The highest BCUT2D eigenvalue weighted by molar-refractivity contribution is 6.34. The van der Waals surface area contributed by atoms with Crippen LogP contribution >= 0.6 is 92.8 Å². The predicted molar refractivity (Wildman–Crippen MR) is 494 cm³/mol. The van der Waals surface area contributed by atoms with E-state index < -0.39 is 439 Å². The molecule has 0 aromatic heterocycles. The average molecular weight is 1940 g/mol. The molecule has 16 rings (SSSR count). The van der Waals surface area contributed by atoms with E-state index in [1.807, 2.05) is 6.07 Å². The number of ketones is 8. The molecule has 22 N–H and O–H groups in total. The number of benzene rings is 8. The van der Waals surface area contributed by atoms with Crippen molar-refractivity contribution in [3.63, 3.8) is 0 Å². The molecule has 0 radical (unpaired) electrons. The Morgan fingerprint density at radius 1 is 0.310 bits per heavy atom. The molecule has 0 aliphatic heterocycles. The summed E-state index contributed by atoms with van der Waals surface area (Å²) in [7, 11) is 0. The molecule has 14 atom stereocenters. The summed E-state index contributed by atoms with van der Waals surface area (Å²) >= 11 is 47.5. The average Bonchev–Trinajstić information content (AvgIpc) is 0.658. The monoisotopic (exact) mass is 1930 g/mol. The first-order valence-corrected chi connectivity index (χ1v) is 38.7. The number of hydrogen-bond donors (Lipinski definition) is 14. The van der Waals surface area contributed by atoms with Crippen molar-refractivity contribution in [2.75, 3.05) is 0 Å². The third-order valence-corrected chi connectivity index (χ3v) is 21.0. The van der Waals surface area contributed by atoms with Gasteiger partial charge in [0.1, 0.15) is 80.9 Å². The summed E-state index contributed by atoms with van der Waals surface area (Å²) in [6.07, 6.45) is -61.3. The highest BCUT2D eigenvalue weighted by Gasteiger charge is 2.50. The number of aliphatic hydroxyl groups excluding tert-OH is 3. The van der Waals surface area contributed by atoms with Crippen LogP contribution in [-0.2, 0) is 82.7 Å². The lowest BCUT2D eigenvalue weighted by Crippen LogP contribution is -2.52. The van der Waals surface area contributed by atoms with Gasteiger partial charge in [0.05, 0.1) is 39.8 Å². The van der Waals surface area contributed by atoms with E-state index in [1.165, 1.54) is 6.08 Å². The van der Waals surface area contributed by atoms with Crippen LogP contribution in [0.25, 0.3) is 0 Å². The number of aliphatic hydroxyl groups is 6. The van der Waals surface area contributed by atoms with Crippen molar-refractivity contribution >= 4 is 139 Å². The quantitative estimate of drug-likeness (QED) is 0.0672. The highest BCUT2D eigenvalue weighted by atomic mass is 35.5. The van der Waals surface area contributed by atoms with Crippen LogP contribution in [0.15, 0.2) is 218 Å². The molecule has 8 aliphatic carbocycles. The number of halogens is 8. The maximum Gasteiger partial charge on any atom is 0.185 e. The van der Waals surface area contributed by atoms with Gasteiger partial charge in [0.2, 0.25) is 0 Å². The van der Waals surface area contributed by atoms with Gasteiger partial charge in [-0.05, 0) is 246 Å². The Hall–Kier alpha value is -7.64. The van der Waals surface area contributed by atoms with Gasteiger partial charge in [-0.25, -0.2) is 0 Å². The molecule has 8 aromatic rings. The minimum Gasteiger partial charge on any atom is -0.385 e. The van der Waals surface area contributed by atoms with E-state index in [1.54, 1.807) is 48.5 Å². The van der Waals surface area contributed by atoms with Gasteiger partial charge in [-0.2, -0.15) is 0 Å². The first kappa shape index (κ1) is 48.5. The summed E-state index contributed by atoms with van der Waals surface area (Å²) in [5.74, 6) is -10.5. The van der Waals surface area contributed by atoms with Crippen molar-refractivity contribution in [2.24, 2.45) is 45.9 Å². The Morgan fingerprint density at radius 2 is 0.611 bits per heavy atom. The minimum atomic E-state index is -3.88. The number of Topliss-reactive ketones (excluding diaryl/α,β-unsaturated/α-hetero) is 6. The molecule has 0 saturated heterocycles. The molecule has 6 saturated carbocycles. The zero-order valence-corrected chi connectivity index (χ0v) is 70.3. The van der Waals surface area contributed by atoms with Gasteiger partial charge in [0.15, 0.2) is 46.3 Å². The fourth-order valence-electron chi connectivity index (χ4n) is 11.8. The normalized spacial score (nSPS) is 43.3. The molecule has 30 heteroatoms. The van der Waals surface area contributed by atoms with Crippen LogP contribution in [0, 0.1) is 0 Å². The first-order valence-electron chi connectivity index (χ1n) is 64.2. The van der Waals surface area contributed by atoms with Crippen LogP contribution in [0.5, 0.6) is 0 Å². The fraction of sp³-hybridized carbons (Fsp3) is 0.375. The molecule has 0 amide bonds. The van der Waals surface area contributed by atoms with Gasteiger partial charge >= 0.3 is 0 Å². The summed E-state index contributed by atoms with van der Waals surface area (Å²) in [4.78, 5) is 99.5. The number of rotatable bonds is 8. The summed E-state index contributed by atoms with van der Waals surface area (Å²) in [6.45, 7) is 0. The smallest absolute Gasteiger partial charge is 0.185 e. The Bertz CT molecular complexity index is 8340. The van der Waals surface area contributed by atoms with Crippen LogP contribution in [0.1, 0.15) is 263 Å². The molecule has 6 fully saturated rings. The second-order valence-electron chi connectivity index (χ2n) is 26.7. The van der Waals surface area contributed by atoms with Crippen molar-refractivity contribution in [1.29, 1.82) is 0 Å². The largest absolute Gasteiger partial charge is 0.385 e. The molecule has 126 heavy (non-hydrogen) atoms. The lowest BCUT2D eigenvalue weighted by molar-refractivity contribution is -0.136. The molecular formula is C96H108Cl8N8O14. The van der Waals surface area contributed by atoms with E-state index in [9.17, 15) is 69.0 Å². The highest BCUT2D eigenvalue weighted by Crippen LogP contribution is 2.44. The van der Waals surface area contributed by atoms with E-state index in [-0.39, 0.29) is 17.6 Å². The molecule has 8 aliphatic rings. The van der Waals surface area contributed by atoms with Crippen molar-refractivity contribution in [1.82, 2.24) is 0 Å². The van der Waals surface area contributed by atoms with Crippen molar-refractivity contribution in [2.45, 2.75) is 221 Å². The molecule has 8 aromatic carbocycles. The van der Waals surface area contributed by atoms with Crippen molar-refractivity contribution < 1.29 is 147 Å². The third-order valence-electron chi connectivity index (χ3n) is 18.6. The van der Waals surface area contributed by atoms with Crippen LogP contribution < -0.4 is 45.9 Å². The zero-order valence-electron chi connectivity index (χ0n) is 121. The summed E-state index contributed by atoms with van der Waals surface area (Å²) in [5.41, 5.74) is 23.1. The number of carbonyl (C=O) groups excluding carboxylic acids is 8. The van der Waals surface area contributed by atoms with E-state index >= 15 is 0 Å². The molecule has 14 unspecified atom stereocenters. The molecule has 22 nitrogen and oxygen atoms in total. The van der Waals surface area contributed by atoms with E-state index in [4.69, 9.17) is 217 Å². The van der Waals surface area contributed by atoms with E-state index in [0.29, 0.717) is 52.9 Å². The van der Waals surface area contributed by atoms with Gasteiger partial charge in [-0.15, -0.1) is 0 Å². The third kappa shape index (κ3) is 23.2. The summed E-state index contributed by atoms with van der Waals surface area (Å²) in [6, 6.07) is -5.47. The van der Waals surface area contributed by atoms with E-state index in [2.05, 4.69) is 0 Å². The van der Waals surface area contributed by atoms with Gasteiger partial charge in [0.25, 0.3) is 0 Å². The Kier molecular flexibility index (Phi) is 17.2. The van der Waals surface area contributed by atoms with Gasteiger partial charge in [0, 0.05) is 78.6 Å². The molecular weight excluding hydrogens is 1770 g/mol. The molecule has 0 bridgehead atoms. The van der Waals surface area contributed by atoms with E-state index in [0.717, 1.165) is 0 Å². The first-order chi connectivity index (χ1) is 81.9. The topological polar surface area (TPSA) is 466 Å². The second kappa shape index (κ2) is 44.8. The standard InChI is InChI=1S/6C12H14ClNO2.2C12H12ClNO/c6*13-9-5-2-1-4-8(9)12(14)7-3-6-10(15)11(12)16;2*13-10-6-2-1-5-9(10)12(14)8-4-3-7-11(12)15/h6*1-2,4-5,10,15H,3,6-7,14H2;2*1-3,5-7H,4,8,14H2/i1D,2D,3D2,4D,5D,6D2,7D2,10D;1D,2D,4D,5D,6D2,7D2,10D;1D,2D,3D2,4D,5D,7D2,10D;1D,2D,3D2,4D,5D,6D2,7D2;1D,2D,4D,5D,6D2,7D2;1D,2D,3D2,4D,5D,7D2;7D;3D. The molecule has 0 heterocycles.